The van der Waals surface area contributed by atoms with Crippen LogP contribution in [0.5, 0.6) is 0 Å². The molecule has 0 aromatic carbocycles. The second kappa shape index (κ2) is 4.42. The molecule has 0 unspecified atom stereocenters. The molecular formula is C13H15N3O2. The smallest absolute Gasteiger partial charge is 0.271 e. The summed E-state index contributed by atoms with van der Waals surface area (Å²) in [6.07, 6.45) is 4.97. The van der Waals surface area contributed by atoms with Crippen molar-refractivity contribution in [2.24, 2.45) is 5.92 Å². The third-order valence-corrected chi connectivity index (χ3v) is 3.36. The Balaban J connectivity index is 1.64. The highest BCUT2D eigenvalue weighted by atomic mass is 16.3. The van der Waals surface area contributed by atoms with Gasteiger partial charge in [-0.05, 0) is 30.9 Å². The minimum absolute atomic E-state index is 0.153. The maximum Gasteiger partial charge on any atom is 0.271 e. The van der Waals surface area contributed by atoms with Gasteiger partial charge in [-0.15, -0.1) is 0 Å². The normalized spacial score (nSPS) is 22.7. The van der Waals surface area contributed by atoms with Crippen molar-refractivity contribution in [2.75, 3.05) is 6.54 Å². The number of carbonyl (C=O) groups excluding carboxylic acids is 1. The summed E-state index contributed by atoms with van der Waals surface area (Å²) in [4.78, 5) is 16.1. The number of aromatic nitrogens is 2. The fraction of sp³-hybridized carbons (Fsp3) is 0.385. The van der Waals surface area contributed by atoms with Gasteiger partial charge in [-0.1, -0.05) is 6.07 Å². The number of amides is 1. The summed E-state index contributed by atoms with van der Waals surface area (Å²) in [5.41, 5.74) is 1.20. The van der Waals surface area contributed by atoms with Crippen LogP contribution in [0.3, 0.4) is 0 Å². The molecule has 1 aliphatic rings. The summed E-state index contributed by atoms with van der Waals surface area (Å²) >= 11 is 0. The molecule has 0 saturated heterocycles. The van der Waals surface area contributed by atoms with E-state index in [0.717, 1.165) is 18.5 Å². The molecule has 5 heteroatoms. The number of hydrogen-bond acceptors (Lipinski definition) is 3. The number of imidazole rings is 1. The third-order valence-electron chi connectivity index (χ3n) is 3.36. The van der Waals surface area contributed by atoms with Crippen LogP contribution < -0.4 is 5.32 Å². The first-order valence-electron chi connectivity index (χ1n) is 6.12. The summed E-state index contributed by atoms with van der Waals surface area (Å²) in [6.45, 7) is 0.615. The lowest BCUT2D eigenvalue weighted by molar-refractivity contribution is 0.0420. The van der Waals surface area contributed by atoms with Crippen LogP contribution in [0.15, 0.2) is 30.6 Å². The molecule has 5 nitrogen and oxygen atoms in total. The molecule has 0 radical (unpaired) electrons. The molecule has 1 aliphatic carbocycles. The van der Waals surface area contributed by atoms with Crippen molar-refractivity contribution in [3.63, 3.8) is 0 Å². The van der Waals surface area contributed by atoms with Crippen molar-refractivity contribution in [2.45, 2.75) is 18.9 Å². The van der Waals surface area contributed by atoms with Crippen molar-refractivity contribution in [3.05, 3.63) is 36.3 Å². The van der Waals surface area contributed by atoms with Crippen molar-refractivity contribution in [3.8, 4) is 0 Å². The van der Waals surface area contributed by atoms with E-state index in [9.17, 15) is 4.79 Å². The number of rotatable bonds is 3. The SMILES string of the molecule is O=C(NCC1CC(O)C1)c1cn2ccccc2n1. The van der Waals surface area contributed by atoms with E-state index in [1.54, 1.807) is 6.20 Å². The fourth-order valence-corrected chi connectivity index (χ4v) is 2.24. The van der Waals surface area contributed by atoms with E-state index in [-0.39, 0.29) is 12.0 Å². The zero-order valence-electron chi connectivity index (χ0n) is 9.91. The van der Waals surface area contributed by atoms with E-state index >= 15 is 0 Å². The maximum absolute atomic E-state index is 11.9. The first-order chi connectivity index (χ1) is 8.72. The molecule has 0 spiro atoms. The Labute approximate surface area is 104 Å². The quantitative estimate of drug-likeness (QED) is 0.842. The molecule has 2 heterocycles. The van der Waals surface area contributed by atoms with E-state index in [2.05, 4.69) is 10.3 Å². The van der Waals surface area contributed by atoms with Crippen LogP contribution in [-0.4, -0.2) is 33.0 Å². The number of fused-ring (bicyclic) bond motifs is 1. The van der Waals surface area contributed by atoms with Gasteiger partial charge >= 0.3 is 0 Å². The second-order valence-electron chi connectivity index (χ2n) is 4.79. The highest BCUT2D eigenvalue weighted by Gasteiger charge is 2.27. The predicted molar refractivity (Wildman–Crippen MR) is 66.3 cm³/mol. The van der Waals surface area contributed by atoms with Crippen molar-refractivity contribution < 1.29 is 9.90 Å². The van der Waals surface area contributed by atoms with Gasteiger partial charge in [0.05, 0.1) is 6.10 Å². The predicted octanol–water partition coefficient (Wildman–Crippen LogP) is 0.835. The molecule has 2 aromatic heterocycles. The van der Waals surface area contributed by atoms with Gasteiger partial charge in [0.25, 0.3) is 5.91 Å². The van der Waals surface area contributed by atoms with Crippen molar-refractivity contribution in [1.82, 2.24) is 14.7 Å². The van der Waals surface area contributed by atoms with Gasteiger partial charge in [0.15, 0.2) is 0 Å². The Kier molecular flexibility index (Phi) is 2.76. The number of hydrogen-bond donors (Lipinski definition) is 2. The van der Waals surface area contributed by atoms with Gasteiger partial charge in [-0.2, -0.15) is 0 Å². The molecule has 2 N–H and O–H groups in total. The fourth-order valence-electron chi connectivity index (χ4n) is 2.24. The molecule has 0 atom stereocenters. The minimum atomic E-state index is -0.179. The van der Waals surface area contributed by atoms with Crippen LogP contribution in [0.4, 0.5) is 0 Å². The van der Waals surface area contributed by atoms with E-state index in [1.165, 1.54) is 0 Å². The van der Waals surface area contributed by atoms with Crippen LogP contribution in [-0.2, 0) is 0 Å². The lowest BCUT2D eigenvalue weighted by Crippen LogP contribution is -2.38. The summed E-state index contributed by atoms with van der Waals surface area (Å²) in [5.74, 6) is 0.251. The topological polar surface area (TPSA) is 66.6 Å². The Morgan fingerprint density at radius 2 is 2.33 bits per heavy atom. The molecule has 1 fully saturated rings. The van der Waals surface area contributed by atoms with Gasteiger partial charge in [-0.25, -0.2) is 4.98 Å². The first-order valence-corrected chi connectivity index (χ1v) is 6.12. The Morgan fingerprint density at radius 1 is 1.50 bits per heavy atom. The Hall–Kier alpha value is -1.88. The van der Waals surface area contributed by atoms with E-state index in [1.807, 2.05) is 28.8 Å². The molecule has 0 aliphatic heterocycles. The molecule has 1 saturated carbocycles. The standard InChI is InChI=1S/C13H15N3O2/c17-10-5-9(6-10)7-14-13(18)11-8-16-4-2-1-3-12(16)15-11/h1-4,8-10,17H,5-7H2,(H,14,18). The van der Waals surface area contributed by atoms with Gasteiger partial charge in [-0.3, -0.25) is 4.79 Å². The lowest BCUT2D eigenvalue weighted by Gasteiger charge is -2.31. The van der Waals surface area contributed by atoms with Gasteiger partial charge < -0.3 is 14.8 Å². The number of pyridine rings is 1. The molecule has 2 aromatic rings. The Morgan fingerprint density at radius 3 is 3.06 bits per heavy atom. The van der Waals surface area contributed by atoms with Crippen molar-refractivity contribution >= 4 is 11.6 Å². The average Bonchev–Trinajstić information content (AvgIpc) is 2.76. The molecule has 3 rings (SSSR count). The summed E-state index contributed by atoms with van der Waals surface area (Å²) in [5, 5.41) is 12.0. The van der Waals surface area contributed by atoms with Gasteiger partial charge in [0, 0.05) is 18.9 Å². The number of aliphatic hydroxyl groups is 1. The Bertz CT molecular complexity index is 539. The van der Waals surface area contributed by atoms with Crippen LogP contribution in [0.25, 0.3) is 5.65 Å². The van der Waals surface area contributed by atoms with Crippen LogP contribution in [0, 0.1) is 5.92 Å². The molecule has 0 bridgehead atoms. The van der Waals surface area contributed by atoms with Gasteiger partial charge in [0.1, 0.15) is 11.3 Å². The molecule has 94 valence electrons. The van der Waals surface area contributed by atoms with E-state index in [0.29, 0.717) is 18.2 Å². The highest BCUT2D eigenvalue weighted by molar-refractivity contribution is 5.92. The first kappa shape index (κ1) is 11.2. The third kappa shape index (κ3) is 2.09. The highest BCUT2D eigenvalue weighted by Crippen LogP contribution is 2.26. The molecule has 18 heavy (non-hydrogen) atoms. The minimum Gasteiger partial charge on any atom is -0.393 e. The van der Waals surface area contributed by atoms with Gasteiger partial charge in [0.2, 0.25) is 0 Å². The average molecular weight is 245 g/mol. The summed E-state index contributed by atoms with van der Waals surface area (Å²) in [7, 11) is 0. The number of carbonyl (C=O) groups is 1. The lowest BCUT2D eigenvalue weighted by atomic mass is 9.82. The maximum atomic E-state index is 11.9. The largest absolute Gasteiger partial charge is 0.393 e. The summed E-state index contributed by atoms with van der Waals surface area (Å²) < 4.78 is 1.82. The van der Waals surface area contributed by atoms with Crippen molar-refractivity contribution in [1.29, 1.82) is 0 Å². The molecule has 1 amide bonds. The molecular weight excluding hydrogens is 230 g/mol. The van der Waals surface area contributed by atoms with Crippen LogP contribution in [0.1, 0.15) is 23.3 Å². The number of nitrogens with one attached hydrogen (secondary N) is 1. The van der Waals surface area contributed by atoms with Crippen LogP contribution in [0.2, 0.25) is 0 Å². The number of aliphatic hydroxyl groups excluding tert-OH is 1. The van der Waals surface area contributed by atoms with E-state index in [4.69, 9.17) is 5.11 Å². The second-order valence-corrected chi connectivity index (χ2v) is 4.79. The monoisotopic (exact) mass is 245 g/mol. The number of nitrogens with zero attached hydrogens (tertiary/aromatic N) is 2. The van der Waals surface area contributed by atoms with Crippen LogP contribution >= 0.6 is 0 Å². The van der Waals surface area contributed by atoms with E-state index < -0.39 is 0 Å². The zero-order valence-corrected chi connectivity index (χ0v) is 9.91. The zero-order chi connectivity index (χ0) is 12.5. The summed E-state index contributed by atoms with van der Waals surface area (Å²) in [6, 6.07) is 5.64.